The Labute approximate surface area is 172 Å². The highest BCUT2D eigenvalue weighted by molar-refractivity contribution is 7.89. The van der Waals surface area contributed by atoms with E-state index in [4.69, 9.17) is 4.74 Å². The van der Waals surface area contributed by atoms with E-state index in [2.05, 4.69) is 5.32 Å². The van der Waals surface area contributed by atoms with E-state index in [1.807, 2.05) is 38.1 Å². The van der Waals surface area contributed by atoms with Gasteiger partial charge in [-0.05, 0) is 62.6 Å². The van der Waals surface area contributed by atoms with Gasteiger partial charge in [0.25, 0.3) is 5.91 Å². The summed E-state index contributed by atoms with van der Waals surface area (Å²) in [5.41, 5.74) is 1.66. The first-order chi connectivity index (χ1) is 13.9. The number of ether oxygens (including phenoxy) is 1. The summed E-state index contributed by atoms with van der Waals surface area (Å²) in [4.78, 5) is 12.8. The molecule has 0 aliphatic carbocycles. The zero-order chi connectivity index (χ0) is 20.9. The van der Waals surface area contributed by atoms with E-state index in [1.165, 1.54) is 4.31 Å². The summed E-state index contributed by atoms with van der Waals surface area (Å²) in [6, 6.07) is 13.9. The third-order valence-electron chi connectivity index (χ3n) is 5.04. The number of sulfonamides is 1. The molecule has 7 heteroatoms. The maximum Gasteiger partial charge on any atom is 0.265 e. The summed E-state index contributed by atoms with van der Waals surface area (Å²) in [6.45, 7) is 5.00. The minimum absolute atomic E-state index is 0.250. The van der Waals surface area contributed by atoms with Crippen LogP contribution < -0.4 is 10.1 Å². The lowest BCUT2D eigenvalue weighted by atomic mass is 10.2. The molecule has 156 valence electrons. The molecule has 1 aliphatic rings. The highest BCUT2D eigenvalue weighted by Gasteiger charge is 2.26. The molecule has 2 aromatic carbocycles. The predicted octanol–water partition coefficient (Wildman–Crippen LogP) is 3.97. The summed E-state index contributed by atoms with van der Waals surface area (Å²) in [5, 5.41) is 2.81. The van der Waals surface area contributed by atoms with Crippen molar-refractivity contribution >= 4 is 21.6 Å². The Kier molecular flexibility index (Phi) is 6.92. The smallest absolute Gasteiger partial charge is 0.265 e. The second-order valence-corrected chi connectivity index (χ2v) is 9.24. The third kappa shape index (κ3) is 5.36. The van der Waals surface area contributed by atoms with Crippen molar-refractivity contribution in [2.75, 3.05) is 18.4 Å². The minimum Gasteiger partial charge on any atom is -0.481 e. The highest BCUT2D eigenvalue weighted by Crippen LogP contribution is 2.22. The number of hydrogen-bond acceptors (Lipinski definition) is 4. The molecule has 1 aliphatic heterocycles. The summed E-state index contributed by atoms with van der Waals surface area (Å²) in [5.74, 6) is 0.375. The van der Waals surface area contributed by atoms with Crippen LogP contribution in [0.15, 0.2) is 53.4 Å². The van der Waals surface area contributed by atoms with Crippen molar-refractivity contribution < 1.29 is 17.9 Å². The molecule has 0 radical (unpaired) electrons. The van der Waals surface area contributed by atoms with Gasteiger partial charge in [0.15, 0.2) is 6.10 Å². The van der Waals surface area contributed by atoms with E-state index in [1.54, 1.807) is 24.3 Å². The van der Waals surface area contributed by atoms with Gasteiger partial charge in [-0.2, -0.15) is 4.31 Å². The Morgan fingerprint density at radius 1 is 1.03 bits per heavy atom. The Balaban J connectivity index is 1.64. The van der Waals surface area contributed by atoms with Crippen LogP contribution in [0.2, 0.25) is 0 Å². The Hall–Kier alpha value is -2.38. The summed E-state index contributed by atoms with van der Waals surface area (Å²) in [7, 11) is -3.48. The normalized spacial score (nSPS) is 16.2. The second-order valence-electron chi connectivity index (χ2n) is 7.31. The van der Waals surface area contributed by atoms with Crippen LogP contribution in [-0.2, 0) is 14.8 Å². The topological polar surface area (TPSA) is 75.7 Å². The number of rotatable bonds is 7. The zero-order valence-electron chi connectivity index (χ0n) is 16.9. The van der Waals surface area contributed by atoms with Crippen LogP contribution in [0, 0.1) is 6.92 Å². The third-order valence-corrected chi connectivity index (χ3v) is 6.95. The number of amides is 1. The van der Waals surface area contributed by atoms with Gasteiger partial charge in [-0.25, -0.2) is 8.42 Å². The number of anilines is 1. The molecular formula is C22H28N2O4S. The molecule has 3 rings (SSSR count). The van der Waals surface area contributed by atoms with Crippen molar-refractivity contribution in [2.24, 2.45) is 0 Å². The molecule has 29 heavy (non-hydrogen) atoms. The van der Waals surface area contributed by atoms with Crippen molar-refractivity contribution in [3.63, 3.8) is 0 Å². The lowest BCUT2D eigenvalue weighted by Crippen LogP contribution is -2.35. The number of nitrogens with one attached hydrogen (secondary N) is 1. The van der Waals surface area contributed by atoms with Crippen LogP contribution in [0.3, 0.4) is 0 Å². The lowest BCUT2D eigenvalue weighted by Gasteiger charge is -2.26. The van der Waals surface area contributed by atoms with Gasteiger partial charge in [0.05, 0.1) is 4.90 Å². The average molecular weight is 417 g/mol. The Bertz CT molecular complexity index is 918. The first-order valence-electron chi connectivity index (χ1n) is 10.0. The molecule has 1 N–H and O–H groups in total. The zero-order valence-corrected chi connectivity index (χ0v) is 17.7. The quantitative estimate of drug-likeness (QED) is 0.741. The molecule has 6 nitrogen and oxygen atoms in total. The molecule has 0 saturated carbocycles. The summed E-state index contributed by atoms with van der Waals surface area (Å²) in [6.07, 6.45) is 2.75. The molecule has 0 spiro atoms. The van der Waals surface area contributed by atoms with Crippen molar-refractivity contribution in [3.8, 4) is 5.75 Å². The second kappa shape index (κ2) is 9.41. The fourth-order valence-corrected chi connectivity index (χ4v) is 4.81. The molecular weight excluding hydrogens is 388 g/mol. The molecule has 1 atom stereocenters. The van der Waals surface area contributed by atoms with E-state index >= 15 is 0 Å². The van der Waals surface area contributed by atoms with Crippen LogP contribution in [0.1, 0.15) is 38.2 Å². The van der Waals surface area contributed by atoms with Crippen LogP contribution in [0.25, 0.3) is 0 Å². The van der Waals surface area contributed by atoms with E-state index in [9.17, 15) is 13.2 Å². The highest BCUT2D eigenvalue weighted by atomic mass is 32.2. The molecule has 0 unspecified atom stereocenters. The minimum atomic E-state index is -3.48. The number of aryl methyl sites for hydroxylation is 1. The number of piperidine rings is 1. The van der Waals surface area contributed by atoms with Crippen molar-refractivity contribution in [2.45, 2.75) is 50.5 Å². The van der Waals surface area contributed by atoms with Crippen molar-refractivity contribution in [1.82, 2.24) is 4.31 Å². The van der Waals surface area contributed by atoms with E-state index in [-0.39, 0.29) is 10.8 Å². The lowest BCUT2D eigenvalue weighted by molar-refractivity contribution is -0.122. The molecule has 1 heterocycles. The van der Waals surface area contributed by atoms with Gasteiger partial charge in [-0.3, -0.25) is 4.79 Å². The SMILES string of the molecule is CC[C@H](Oc1ccc(C)cc1)C(=O)Nc1ccc(S(=O)(=O)N2CCCCC2)cc1. The summed E-state index contributed by atoms with van der Waals surface area (Å²) >= 11 is 0. The van der Waals surface area contributed by atoms with E-state index < -0.39 is 16.1 Å². The fraction of sp³-hybridized carbons (Fsp3) is 0.409. The predicted molar refractivity (Wildman–Crippen MR) is 114 cm³/mol. The van der Waals surface area contributed by atoms with E-state index in [0.717, 1.165) is 24.8 Å². The largest absolute Gasteiger partial charge is 0.481 e. The van der Waals surface area contributed by atoms with Crippen molar-refractivity contribution in [1.29, 1.82) is 0 Å². The maximum atomic E-state index is 12.7. The standard InChI is InChI=1S/C22H28N2O4S/c1-3-21(28-19-11-7-17(2)8-12-19)22(25)23-18-9-13-20(14-10-18)29(26,27)24-15-5-4-6-16-24/h7-14,21H,3-6,15-16H2,1-2H3,(H,23,25)/t21-/m0/s1. The first-order valence-corrected chi connectivity index (χ1v) is 11.5. The molecule has 0 aromatic heterocycles. The maximum absolute atomic E-state index is 12.7. The number of hydrogen-bond donors (Lipinski definition) is 1. The van der Waals surface area contributed by atoms with Gasteiger partial charge in [-0.15, -0.1) is 0 Å². The molecule has 1 saturated heterocycles. The van der Waals surface area contributed by atoms with Gasteiger partial charge in [0.2, 0.25) is 10.0 Å². The van der Waals surface area contributed by atoms with Gasteiger partial charge < -0.3 is 10.1 Å². The van der Waals surface area contributed by atoms with Crippen LogP contribution in [0.5, 0.6) is 5.75 Å². The molecule has 1 fully saturated rings. The van der Waals surface area contributed by atoms with Crippen molar-refractivity contribution in [3.05, 3.63) is 54.1 Å². The monoisotopic (exact) mass is 416 g/mol. The molecule has 1 amide bonds. The van der Waals surface area contributed by atoms with Crippen LogP contribution >= 0.6 is 0 Å². The van der Waals surface area contributed by atoms with Gasteiger partial charge >= 0.3 is 0 Å². The summed E-state index contributed by atoms with van der Waals surface area (Å²) < 4.78 is 32.8. The van der Waals surface area contributed by atoms with E-state index in [0.29, 0.717) is 30.9 Å². The first kappa shape index (κ1) is 21.3. The van der Waals surface area contributed by atoms with Crippen LogP contribution in [-0.4, -0.2) is 37.8 Å². The Morgan fingerprint density at radius 3 is 2.24 bits per heavy atom. The molecule has 2 aromatic rings. The van der Waals surface area contributed by atoms with Gasteiger partial charge in [0.1, 0.15) is 5.75 Å². The van der Waals surface area contributed by atoms with Gasteiger partial charge in [-0.1, -0.05) is 31.0 Å². The number of nitrogens with zero attached hydrogens (tertiary/aromatic N) is 1. The average Bonchev–Trinajstić information content (AvgIpc) is 2.74. The molecule has 0 bridgehead atoms. The Morgan fingerprint density at radius 2 is 1.66 bits per heavy atom. The number of carbonyl (C=O) groups is 1. The number of benzene rings is 2. The fourth-order valence-electron chi connectivity index (χ4n) is 3.29. The van der Waals surface area contributed by atoms with Crippen LogP contribution in [0.4, 0.5) is 5.69 Å². The number of carbonyl (C=O) groups excluding carboxylic acids is 1. The van der Waals surface area contributed by atoms with Gasteiger partial charge in [0, 0.05) is 18.8 Å².